The summed E-state index contributed by atoms with van der Waals surface area (Å²) in [5.41, 5.74) is 0.718. The van der Waals surface area contributed by atoms with Crippen LogP contribution < -0.4 is 5.32 Å². The van der Waals surface area contributed by atoms with Crippen molar-refractivity contribution in [2.45, 2.75) is 12.2 Å². The van der Waals surface area contributed by atoms with Gasteiger partial charge in [-0.05, 0) is 5.82 Å². The first-order valence-corrected chi connectivity index (χ1v) is 6.07. The molecule has 0 aromatic heterocycles. The SMILES string of the molecule is [B]C1CN(C(=O)N2CCC3=C(C2)NC(=O)CO3)C1. The fourth-order valence-electron chi connectivity index (χ4n) is 2.40. The van der Waals surface area contributed by atoms with E-state index in [2.05, 4.69) is 5.32 Å². The molecule has 2 radical (unpaired) electrons. The predicted molar refractivity (Wildman–Crippen MR) is 63.8 cm³/mol. The normalized spacial score (nSPS) is 24.1. The number of likely N-dealkylation sites (tertiary alicyclic amines) is 1. The predicted octanol–water partition coefficient (Wildman–Crippen LogP) is -0.557. The third kappa shape index (κ3) is 1.93. The van der Waals surface area contributed by atoms with Crippen LogP contribution in [0.25, 0.3) is 0 Å². The molecule has 0 aliphatic carbocycles. The molecule has 0 spiro atoms. The minimum absolute atomic E-state index is 0.0110. The summed E-state index contributed by atoms with van der Waals surface area (Å²) in [5, 5.41) is 2.77. The average molecular weight is 247 g/mol. The van der Waals surface area contributed by atoms with E-state index < -0.39 is 0 Å². The standard InChI is InChI=1S/C11H14BN3O3/c12-7-3-15(4-7)11(17)14-2-1-9-8(5-14)13-10(16)6-18-9/h7H,1-6H2,(H,13,16). The molecule has 94 valence electrons. The zero-order chi connectivity index (χ0) is 12.7. The highest BCUT2D eigenvalue weighted by molar-refractivity contribution is 6.13. The van der Waals surface area contributed by atoms with Crippen LogP contribution in [0, 0.1) is 0 Å². The number of hydrogen-bond donors (Lipinski definition) is 1. The number of hydrogen-bond acceptors (Lipinski definition) is 3. The van der Waals surface area contributed by atoms with E-state index >= 15 is 0 Å². The highest BCUT2D eigenvalue weighted by Crippen LogP contribution is 2.24. The monoisotopic (exact) mass is 247 g/mol. The fourth-order valence-corrected chi connectivity index (χ4v) is 2.40. The molecule has 3 heterocycles. The van der Waals surface area contributed by atoms with E-state index in [-0.39, 0.29) is 24.4 Å². The third-order valence-corrected chi connectivity index (χ3v) is 3.41. The largest absolute Gasteiger partial charge is 0.486 e. The molecule has 6 nitrogen and oxygen atoms in total. The summed E-state index contributed by atoms with van der Waals surface area (Å²) in [5.74, 6) is 0.749. The van der Waals surface area contributed by atoms with Crippen molar-refractivity contribution in [2.75, 3.05) is 32.8 Å². The van der Waals surface area contributed by atoms with Crippen LogP contribution in [0.3, 0.4) is 0 Å². The lowest BCUT2D eigenvalue weighted by molar-refractivity contribution is -0.125. The maximum atomic E-state index is 12.1. The van der Waals surface area contributed by atoms with Crippen molar-refractivity contribution in [3.8, 4) is 0 Å². The third-order valence-electron chi connectivity index (χ3n) is 3.41. The Morgan fingerprint density at radius 1 is 1.39 bits per heavy atom. The van der Waals surface area contributed by atoms with Gasteiger partial charge < -0.3 is 19.9 Å². The van der Waals surface area contributed by atoms with Crippen LogP contribution in [-0.2, 0) is 9.53 Å². The molecule has 3 rings (SSSR count). The fraction of sp³-hybridized carbons (Fsp3) is 0.636. The zero-order valence-corrected chi connectivity index (χ0v) is 10.0. The van der Waals surface area contributed by atoms with E-state index in [9.17, 15) is 9.59 Å². The Hall–Kier alpha value is -1.66. The van der Waals surface area contributed by atoms with Gasteiger partial charge in [-0.2, -0.15) is 0 Å². The molecule has 0 aromatic rings. The summed E-state index contributed by atoms with van der Waals surface area (Å²) in [7, 11) is 5.66. The Morgan fingerprint density at radius 3 is 2.89 bits per heavy atom. The summed E-state index contributed by atoms with van der Waals surface area (Å²) < 4.78 is 5.34. The van der Waals surface area contributed by atoms with Crippen molar-refractivity contribution in [1.29, 1.82) is 0 Å². The molecule has 3 aliphatic rings. The number of ether oxygens (including phenoxy) is 1. The summed E-state index contributed by atoms with van der Waals surface area (Å²) in [6.07, 6.45) is 0.654. The molecular formula is C11H14BN3O3. The topological polar surface area (TPSA) is 61.9 Å². The first kappa shape index (κ1) is 11.4. The van der Waals surface area contributed by atoms with Gasteiger partial charge in [-0.1, -0.05) is 0 Å². The van der Waals surface area contributed by atoms with E-state index in [0.717, 1.165) is 11.5 Å². The van der Waals surface area contributed by atoms with E-state index in [1.165, 1.54) is 0 Å². The van der Waals surface area contributed by atoms with E-state index in [1.807, 2.05) is 0 Å². The maximum absolute atomic E-state index is 12.1. The minimum atomic E-state index is -0.158. The maximum Gasteiger partial charge on any atom is 0.320 e. The highest BCUT2D eigenvalue weighted by Gasteiger charge is 2.34. The van der Waals surface area contributed by atoms with Gasteiger partial charge in [0.25, 0.3) is 5.91 Å². The van der Waals surface area contributed by atoms with Crippen LogP contribution >= 0.6 is 0 Å². The van der Waals surface area contributed by atoms with Gasteiger partial charge in [-0.25, -0.2) is 4.79 Å². The molecule has 3 aliphatic heterocycles. The van der Waals surface area contributed by atoms with Crippen LogP contribution in [0.4, 0.5) is 4.79 Å². The summed E-state index contributed by atoms with van der Waals surface area (Å²) in [4.78, 5) is 26.8. The number of nitrogens with zero attached hydrogens (tertiary/aromatic N) is 2. The van der Waals surface area contributed by atoms with Gasteiger partial charge in [0.1, 0.15) is 5.76 Å². The lowest BCUT2D eigenvalue weighted by Gasteiger charge is -2.42. The van der Waals surface area contributed by atoms with Gasteiger partial charge in [0.2, 0.25) is 0 Å². The Balaban J connectivity index is 1.65. The second-order valence-corrected chi connectivity index (χ2v) is 4.86. The van der Waals surface area contributed by atoms with Crippen molar-refractivity contribution in [1.82, 2.24) is 15.1 Å². The number of urea groups is 1. The zero-order valence-electron chi connectivity index (χ0n) is 10.0. The molecule has 1 N–H and O–H groups in total. The molecule has 0 saturated carbocycles. The van der Waals surface area contributed by atoms with Gasteiger partial charge >= 0.3 is 6.03 Å². The molecule has 0 bridgehead atoms. The quantitative estimate of drug-likeness (QED) is 0.584. The average Bonchev–Trinajstić information content (AvgIpc) is 2.33. The Morgan fingerprint density at radius 2 is 2.17 bits per heavy atom. The Kier molecular flexibility index (Phi) is 2.68. The van der Waals surface area contributed by atoms with Gasteiger partial charge in [0, 0.05) is 26.1 Å². The number of carbonyl (C=O) groups excluding carboxylic acids is 2. The summed E-state index contributed by atoms with van der Waals surface area (Å²) >= 11 is 0. The first-order valence-electron chi connectivity index (χ1n) is 6.07. The van der Waals surface area contributed by atoms with Crippen LogP contribution in [0.1, 0.15) is 6.42 Å². The molecule has 0 atom stereocenters. The number of carbonyl (C=O) groups is 2. The van der Waals surface area contributed by atoms with Crippen LogP contribution in [0.5, 0.6) is 0 Å². The molecule has 3 amide bonds. The Labute approximate surface area is 106 Å². The summed E-state index contributed by atoms with van der Waals surface area (Å²) in [6.45, 7) is 2.34. The van der Waals surface area contributed by atoms with Crippen molar-refractivity contribution in [3.63, 3.8) is 0 Å². The first-order chi connectivity index (χ1) is 8.63. The molecule has 0 unspecified atom stereocenters. The van der Waals surface area contributed by atoms with Crippen molar-refractivity contribution >= 4 is 19.8 Å². The second kappa shape index (κ2) is 4.22. The Bertz CT molecular complexity index is 431. The molecule has 0 aromatic carbocycles. The van der Waals surface area contributed by atoms with Gasteiger partial charge in [0.15, 0.2) is 6.61 Å². The number of nitrogens with one attached hydrogen (secondary N) is 1. The van der Waals surface area contributed by atoms with Gasteiger partial charge in [-0.3, -0.25) is 4.79 Å². The van der Waals surface area contributed by atoms with E-state index in [1.54, 1.807) is 9.80 Å². The van der Waals surface area contributed by atoms with Gasteiger partial charge in [0.05, 0.1) is 20.1 Å². The molecule has 1 saturated heterocycles. The number of rotatable bonds is 0. The van der Waals surface area contributed by atoms with E-state index in [4.69, 9.17) is 12.6 Å². The molecular weight excluding hydrogens is 233 g/mol. The van der Waals surface area contributed by atoms with Crippen LogP contribution in [0.15, 0.2) is 11.5 Å². The smallest absolute Gasteiger partial charge is 0.320 e. The highest BCUT2D eigenvalue weighted by atomic mass is 16.5. The van der Waals surface area contributed by atoms with Crippen molar-refractivity contribution in [3.05, 3.63) is 11.5 Å². The van der Waals surface area contributed by atoms with E-state index in [0.29, 0.717) is 32.6 Å². The summed E-state index contributed by atoms with van der Waals surface area (Å²) in [6, 6.07) is -0.0110. The van der Waals surface area contributed by atoms with Crippen molar-refractivity contribution < 1.29 is 14.3 Å². The molecule has 1 fully saturated rings. The second-order valence-electron chi connectivity index (χ2n) is 4.86. The molecule has 18 heavy (non-hydrogen) atoms. The van der Waals surface area contributed by atoms with Gasteiger partial charge in [-0.15, -0.1) is 0 Å². The molecule has 7 heteroatoms. The minimum Gasteiger partial charge on any atom is -0.486 e. The lowest BCUT2D eigenvalue weighted by atomic mass is 9.81. The number of amides is 3. The van der Waals surface area contributed by atoms with Crippen LogP contribution in [0.2, 0.25) is 5.82 Å². The lowest BCUT2D eigenvalue weighted by Crippen LogP contribution is -2.55. The van der Waals surface area contributed by atoms with Crippen LogP contribution in [-0.4, -0.2) is 62.4 Å². The van der Waals surface area contributed by atoms with Crippen molar-refractivity contribution in [2.24, 2.45) is 0 Å².